The van der Waals surface area contributed by atoms with E-state index < -0.39 is 0 Å². The third kappa shape index (κ3) is 1.74. The first-order valence-corrected chi connectivity index (χ1v) is 6.61. The zero-order valence-electron chi connectivity index (χ0n) is 8.66. The maximum absolute atomic E-state index is 5.49. The highest BCUT2D eigenvalue weighted by molar-refractivity contribution is 7.98. The van der Waals surface area contributed by atoms with Crippen LogP contribution in [0.3, 0.4) is 0 Å². The second-order valence-electron chi connectivity index (χ2n) is 3.95. The Morgan fingerprint density at radius 2 is 2.20 bits per heavy atom. The van der Waals surface area contributed by atoms with E-state index in [2.05, 4.69) is 15.4 Å². The largest absolute Gasteiger partial charge is 0.338 e. The molecule has 0 radical (unpaired) electrons. The molecule has 0 unspecified atom stereocenters. The van der Waals surface area contributed by atoms with Gasteiger partial charge in [0.2, 0.25) is 5.88 Å². The van der Waals surface area contributed by atoms with Crippen molar-refractivity contribution in [3.63, 3.8) is 0 Å². The van der Waals surface area contributed by atoms with Crippen LogP contribution in [0.2, 0.25) is 0 Å². The van der Waals surface area contributed by atoms with Gasteiger partial charge in [-0.2, -0.15) is 11.8 Å². The van der Waals surface area contributed by atoms with Crippen LogP contribution in [0, 0.1) is 0 Å². The number of hydrogen-bond acceptors (Lipinski definition) is 5. The molecule has 1 saturated heterocycles. The highest BCUT2D eigenvalue weighted by Gasteiger charge is 2.24. The van der Waals surface area contributed by atoms with Crippen molar-refractivity contribution in [2.75, 3.05) is 36.8 Å². The van der Waals surface area contributed by atoms with Gasteiger partial charge in [-0.3, -0.25) is 0 Å². The Morgan fingerprint density at radius 1 is 1.33 bits per heavy atom. The van der Waals surface area contributed by atoms with Crippen LogP contribution in [0.4, 0.5) is 5.88 Å². The van der Waals surface area contributed by atoms with Crippen molar-refractivity contribution >= 4 is 17.6 Å². The van der Waals surface area contributed by atoms with Gasteiger partial charge in [0.15, 0.2) is 0 Å². The normalized spacial score (nSPS) is 21.5. The summed E-state index contributed by atoms with van der Waals surface area (Å²) < 4.78 is 5.49. The van der Waals surface area contributed by atoms with Crippen LogP contribution in [0.25, 0.3) is 0 Å². The van der Waals surface area contributed by atoms with Gasteiger partial charge in [-0.1, -0.05) is 5.16 Å². The van der Waals surface area contributed by atoms with Crippen LogP contribution in [-0.2, 0) is 12.2 Å². The molecule has 15 heavy (non-hydrogen) atoms. The number of fused-ring (bicyclic) bond motifs is 1. The van der Waals surface area contributed by atoms with Gasteiger partial charge in [0.05, 0.1) is 5.69 Å². The number of nitrogens with zero attached hydrogens (tertiary/aromatic N) is 2. The van der Waals surface area contributed by atoms with E-state index in [1.807, 2.05) is 11.8 Å². The van der Waals surface area contributed by atoms with Crippen LogP contribution in [0.15, 0.2) is 4.52 Å². The molecule has 0 spiro atoms. The zero-order valence-corrected chi connectivity index (χ0v) is 9.48. The number of anilines is 1. The van der Waals surface area contributed by atoms with Crippen molar-refractivity contribution in [1.82, 2.24) is 10.5 Å². The summed E-state index contributed by atoms with van der Waals surface area (Å²) in [4.78, 5) is 2.31. The highest BCUT2D eigenvalue weighted by atomic mass is 32.2. The number of rotatable bonds is 1. The second-order valence-corrected chi connectivity index (χ2v) is 5.06. The summed E-state index contributed by atoms with van der Waals surface area (Å²) in [5, 5.41) is 7.53. The summed E-state index contributed by atoms with van der Waals surface area (Å²) in [5.74, 6) is 3.28. The molecule has 82 valence electrons. The molecule has 0 aliphatic carbocycles. The average Bonchev–Trinajstić information content (AvgIpc) is 2.74. The van der Waals surface area contributed by atoms with Crippen molar-refractivity contribution in [2.24, 2.45) is 0 Å². The summed E-state index contributed by atoms with van der Waals surface area (Å²) >= 11 is 1.98. The molecular formula is C10H15N3OS. The molecule has 0 aromatic carbocycles. The molecular weight excluding hydrogens is 210 g/mol. The van der Waals surface area contributed by atoms with Gasteiger partial charge < -0.3 is 14.7 Å². The first-order valence-electron chi connectivity index (χ1n) is 5.46. The Kier molecular flexibility index (Phi) is 2.58. The van der Waals surface area contributed by atoms with Crippen LogP contribution in [0.1, 0.15) is 11.3 Å². The Morgan fingerprint density at radius 3 is 3.07 bits per heavy atom. The molecule has 1 aromatic rings. The zero-order chi connectivity index (χ0) is 10.1. The fourth-order valence-electron chi connectivity index (χ4n) is 2.13. The summed E-state index contributed by atoms with van der Waals surface area (Å²) in [5.41, 5.74) is 2.52. The summed E-state index contributed by atoms with van der Waals surface area (Å²) in [6.45, 7) is 4.16. The maximum atomic E-state index is 5.49. The maximum Gasteiger partial charge on any atom is 0.231 e. The number of thioether (sulfide) groups is 1. The lowest BCUT2D eigenvalue weighted by Gasteiger charge is -2.27. The smallest absolute Gasteiger partial charge is 0.231 e. The predicted molar refractivity (Wildman–Crippen MR) is 61.5 cm³/mol. The first kappa shape index (κ1) is 9.54. The van der Waals surface area contributed by atoms with E-state index in [1.54, 1.807) is 0 Å². The van der Waals surface area contributed by atoms with Gasteiger partial charge in [0.25, 0.3) is 0 Å². The van der Waals surface area contributed by atoms with Crippen molar-refractivity contribution < 1.29 is 4.52 Å². The highest BCUT2D eigenvalue weighted by Crippen LogP contribution is 2.32. The Hall–Kier alpha value is -0.680. The van der Waals surface area contributed by atoms with Gasteiger partial charge in [-0.05, 0) is 5.75 Å². The van der Waals surface area contributed by atoms with Gasteiger partial charge in [-0.15, -0.1) is 0 Å². The second kappa shape index (κ2) is 4.06. The number of aromatic nitrogens is 1. The number of nitrogens with one attached hydrogen (secondary N) is 1. The molecule has 3 heterocycles. The minimum absolute atomic E-state index is 1.03. The number of piperazine rings is 1. The lowest BCUT2D eigenvalue weighted by atomic mass is 10.2. The number of hydrogen-bond donors (Lipinski definition) is 1. The molecule has 1 fully saturated rings. The van der Waals surface area contributed by atoms with Crippen LogP contribution >= 0.6 is 11.8 Å². The van der Waals surface area contributed by atoms with E-state index in [0.717, 1.165) is 44.2 Å². The molecule has 0 atom stereocenters. The molecule has 3 rings (SSSR count). The van der Waals surface area contributed by atoms with E-state index in [1.165, 1.54) is 17.0 Å². The minimum atomic E-state index is 1.03. The standard InChI is InChI=1S/C10H15N3OS/c1-6-15-7-8-9(1)12-14-10(8)13-4-2-11-3-5-13/h11H,1-7H2. The lowest BCUT2D eigenvalue weighted by Crippen LogP contribution is -2.43. The van der Waals surface area contributed by atoms with E-state index in [9.17, 15) is 0 Å². The first-order chi connectivity index (χ1) is 7.45. The minimum Gasteiger partial charge on any atom is -0.338 e. The molecule has 1 aromatic heterocycles. The summed E-state index contributed by atoms with van der Waals surface area (Å²) in [6, 6.07) is 0. The van der Waals surface area contributed by atoms with Crippen LogP contribution in [-0.4, -0.2) is 37.1 Å². The molecule has 5 heteroatoms. The molecule has 2 aliphatic heterocycles. The van der Waals surface area contributed by atoms with Crippen molar-refractivity contribution in [2.45, 2.75) is 12.2 Å². The third-order valence-corrected chi connectivity index (χ3v) is 3.97. The lowest BCUT2D eigenvalue weighted by molar-refractivity contribution is 0.401. The van der Waals surface area contributed by atoms with E-state index in [4.69, 9.17) is 4.52 Å². The van der Waals surface area contributed by atoms with Crippen LogP contribution in [0.5, 0.6) is 0 Å². The quantitative estimate of drug-likeness (QED) is 0.768. The van der Waals surface area contributed by atoms with E-state index >= 15 is 0 Å². The molecule has 2 aliphatic rings. The Balaban J connectivity index is 1.87. The summed E-state index contributed by atoms with van der Waals surface area (Å²) in [7, 11) is 0. The topological polar surface area (TPSA) is 41.3 Å². The van der Waals surface area contributed by atoms with Crippen molar-refractivity contribution in [1.29, 1.82) is 0 Å². The van der Waals surface area contributed by atoms with E-state index in [0.29, 0.717) is 0 Å². The van der Waals surface area contributed by atoms with Gasteiger partial charge in [0.1, 0.15) is 0 Å². The fraction of sp³-hybridized carbons (Fsp3) is 0.700. The molecule has 0 bridgehead atoms. The molecule has 4 nitrogen and oxygen atoms in total. The van der Waals surface area contributed by atoms with Crippen molar-refractivity contribution in [3.05, 3.63) is 11.3 Å². The monoisotopic (exact) mass is 225 g/mol. The van der Waals surface area contributed by atoms with Gasteiger partial charge in [-0.25, -0.2) is 0 Å². The van der Waals surface area contributed by atoms with Gasteiger partial charge in [0, 0.05) is 43.9 Å². The van der Waals surface area contributed by atoms with Crippen molar-refractivity contribution in [3.8, 4) is 0 Å². The SMILES string of the molecule is C1CN(c2onc3c2CSCC3)CCN1. The number of aryl methyl sites for hydroxylation is 1. The van der Waals surface area contributed by atoms with Crippen LogP contribution < -0.4 is 10.2 Å². The average molecular weight is 225 g/mol. The predicted octanol–water partition coefficient (Wildman–Crippen LogP) is 0.873. The molecule has 0 saturated carbocycles. The van der Waals surface area contributed by atoms with Gasteiger partial charge >= 0.3 is 0 Å². The Bertz CT molecular complexity index is 346. The summed E-state index contributed by atoms with van der Waals surface area (Å²) in [6.07, 6.45) is 1.07. The fourth-order valence-corrected chi connectivity index (χ4v) is 3.11. The van der Waals surface area contributed by atoms with E-state index in [-0.39, 0.29) is 0 Å². The third-order valence-electron chi connectivity index (χ3n) is 2.98. The Labute approximate surface area is 93.4 Å². The molecule has 0 amide bonds. The molecule has 1 N–H and O–H groups in total.